The molecule has 10 atom stereocenters. The third-order valence-electron chi connectivity index (χ3n) is 14.3. The Morgan fingerprint density at radius 3 is 2.21 bits per heavy atom. The Balaban J connectivity index is 1.47. The number of fused-ring (bicyclic) bond motifs is 7. The first-order valence-corrected chi connectivity index (χ1v) is 15.9. The average molecular weight is 530 g/mol. The molecule has 38 heavy (non-hydrogen) atoms. The van der Waals surface area contributed by atoms with Crippen molar-refractivity contribution in [3.8, 4) is 0 Å². The van der Waals surface area contributed by atoms with E-state index in [9.17, 15) is 14.7 Å². The van der Waals surface area contributed by atoms with Gasteiger partial charge in [-0.3, -0.25) is 4.79 Å². The smallest absolute Gasteiger partial charge is 0.407 e. The third kappa shape index (κ3) is 3.60. The highest BCUT2D eigenvalue weighted by molar-refractivity contribution is 5.76. The second-order valence-electron chi connectivity index (χ2n) is 15.9. The minimum absolute atomic E-state index is 0.0421. The quantitative estimate of drug-likeness (QED) is 0.388. The van der Waals surface area contributed by atoms with E-state index in [0.29, 0.717) is 42.1 Å². The van der Waals surface area contributed by atoms with E-state index in [1.165, 1.54) is 25.7 Å². The number of hydrogen-bond donors (Lipinski definition) is 2. The minimum atomic E-state index is -0.511. The van der Waals surface area contributed by atoms with Crippen molar-refractivity contribution < 1.29 is 19.4 Å². The first kappa shape index (κ1) is 28.3. The Hall–Kier alpha value is -1.26. The summed E-state index contributed by atoms with van der Waals surface area (Å²) in [7, 11) is 0. The van der Waals surface area contributed by atoms with Gasteiger partial charge in [-0.15, -0.1) is 0 Å². The normalized spacial score (nSPS) is 49.3. The Morgan fingerprint density at radius 2 is 1.58 bits per heavy atom. The Bertz CT molecular complexity index is 961. The number of amides is 1. The Kier molecular flexibility index (Phi) is 6.79. The molecule has 5 fully saturated rings. The van der Waals surface area contributed by atoms with Gasteiger partial charge in [-0.2, -0.15) is 0 Å². The molecule has 0 bridgehead atoms. The lowest BCUT2D eigenvalue weighted by Gasteiger charge is -2.72. The highest BCUT2D eigenvalue weighted by atomic mass is 16.6. The van der Waals surface area contributed by atoms with E-state index in [4.69, 9.17) is 4.74 Å². The number of carboxylic acids is 1. The van der Waals surface area contributed by atoms with Crippen molar-refractivity contribution in [3.05, 3.63) is 0 Å². The van der Waals surface area contributed by atoms with Crippen LogP contribution in [0.2, 0.25) is 0 Å². The van der Waals surface area contributed by atoms with Crippen molar-refractivity contribution in [2.24, 2.45) is 62.6 Å². The molecule has 216 valence electrons. The number of ether oxygens (including phenoxy) is 1. The predicted octanol–water partition coefficient (Wildman–Crippen LogP) is 7.92. The van der Waals surface area contributed by atoms with E-state index in [2.05, 4.69) is 53.8 Å². The summed E-state index contributed by atoms with van der Waals surface area (Å²) >= 11 is 0. The molecule has 1 unspecified atom stereocenters. The largest absolute Gasteiger partial charge is 0.481 e. The van der Waals surface area contributed by atoms with Crippen molar-refractivity contribution in [3.63, 3.8) is 0 Å². The molecule has 0 aromatic rings. The maximum atomic E-state index is 12.9. The Labute approximate surface area is 231 Å². The number of carbonyl (C=O) groups is 2. The van der Waals surface area contributed by atoms with Gasteiger partial charge in [-0.05, 0) is 123 Å². The van der Waals surface area contributed by atoms with Gasteiger partial charge in [-0.25, -0.2) is 4.79 Å². The summed E-state index contributed by atoms with van der Waals surface area (Å²) < 4.78 is 6.02. The lowest BCUT2D eigenvalue weighted by molar-refractivity contribution is -0.249. The number of hydrogen-bond acceptors (Lipinski definition) is 3. The summed E-state index contributed by atoms with van der Waals surface area (Å²) in [6.45, 7) is 19.7. The van der Waals surface area contributed by atoms with Gasteiger partial charge in [0.05, 0.1) is 5.41 Å². The molecule has 0 heterocycles. The predicted molar refractivity (Wildman–Crippen MR) is 151 cm³/mol. The zero-order valence-corrected chi connectivity index (χ0v) is 25.5. The molecule has 0 saturated heterocycles. The molecule has 5 saturated carbocycles. The van der Waals surface area contributed by atoms with Gasteiger partial charge in [0.1, 0.15) is 6.10 Å². The van der Waals surface area contributed by atoms with Crippen LogP contribution in [0.3, 0.4) is 0 Å². The van der Waals surface area contributed by atoms with Crippen molar-refractivity contribution in [1.29, 1.82) is 0 Å². The lowest BCUT2D eigenvalue weighted by Crippen LogP contribution is -2.67. The zero-order chi connectivity index (χ0) is 27.9. The number of carbonyl (C=O) groups excluding carboxylic acids is 1. The lowest BCUT2D eigenvalue weighted by atomic mass is 9.32. The van der Waals surface area contributed by atoms with Crippen LogP contribution >= 0.6 is 0 Å². The van der Waals surface area contributed by atoms with Crippen LogP contribution in [0.5, 0.6) is 0 Å². The zero-order valence-electron chi connectivity index (χ0n) is 25.5. The summed E-state index contributed by atoms with van der Waals surface area (Å²) in [5.74, 6) is 2.55. The van der Waals surface area contributed by atoms with Crippen molar-refractivity contribution in [1.82, 2.24) is 5.32 Å². The van der Waals surface area contributed by atoms with E-state index in [1.54, 1.807) is 0 Å². The van der Waals surface area contributed by atoms with Crippen LogP contribution in [0.25, 0.3) is 0 Å². The minimum Gasteiger partial charge on any atom is -0.481 e. The number of carboxylic acid groups (broad SMARTS) is 1. The first-order valence-electron chi connectivity index (χ1n) is 15.9. The fraction of sp³-hybridized carbons (Fsp3) is 0.939. The fourth-order valence-corrected chi connectivity index (χ4v) is 12.3. The van der Waals surface area contributed by atoms with E-state index in [-0.39, 0.29) is 33.9 Å². The number of alkyl carbamates (subject to hydrolysis) is 1. The molecule has 5 nitrogen and oxygen atoms in total. The molecule has 2 N–H and O–H groups in total. The average Bonchev–Trinajstić information content (AvgIpc) is 3.23. The molecule has 5 heteroatoms. The molecule has 0 spiro atoms. The van der Waals surface area contributed by atoms with Gasteiger partial charge in [0.15, 0.2) is 0 Å². The first-order chi connectivity index (χ1) is 17.7. The molecule has 5 rings (SSSR count). The summed E-state index contributed by atoms with van der Waals surface area (Å²) in [4.78, 5) is 25.3. The monoisotopic (exact) mass is 529 g/mol. The van der Waals surface area contributed by atoms with E-state index in [1.807, 2.05) is 6.92 Å². The van der Waals surface area contributed by atoms with Gasteiger partial charge in [0.25, 0.3) is 0 Å². The second-order valence-corrected chi connectivity index (χ2v) is 15.9. The number of aliphatic carboxylic acids is 1. The standard InChI is InChI=1S/C33H55NO4/c1-9-34-28(37)38-25-14-15-30(6)23(29(25,4)5)13-16-32(8)24(30)11-10-22-26-21(20(2)3)12-17-33(26,27(35)36)19-18-31(22,32)7/h20-26H,9-19H2,1-8H3,(H,34,37)(H,35,36)/t21-,22?,23-,24+,25+,26-,30-,31+,32+,33-/m0/s1. The van der Waals surface area contributed by atoms with Gasteiger partial charge >= 0.3 is 12.1 Å². The summed E-state index contributed by atoms with van der Waals surface area (Å²) in [5.41, 5.74) is 0.0685. The SMILES string of the molecule is CCNC(=O)O[C@@H]1CC[C@]2(C)[C@H]3CCC4[C@@H]5[C@H](C(C)C)CC[C@]5(C(=O)O)CC[C@@]4(C)[C@]3(C)CC[C@H]2C1(C)C. The van der Waals surface area contributed by atoms with Crippen LogP contribution in [0, 0.1) is 62.6 Å². The maximum Gasteiger partial charge on any atom is 0.407 e. The van der Waals surface area contributed by atoms with E-state index >= 15 is 0 Å². The van der Waals surface area contributed by atoms with Crippen LogP contribution in [0.15, 0.2) is 0 Å². The second kappa shape index (κ2) is 9.13. The maximum absolute atomic E-state index is 12.9. The molecular weight excluding hydrogens is 474 g/mol. The molecule has 0 aliphatic heterocycles. The van der Waals surface area contributed by atoms with Crippen LogP contribution < -0.4 is 5.32 Å². The summed E-state index contributed by atoms with van der Waals surface area (Å²) in [5, 5.41) is 13.4. The van der Waals surface area contributed by atoms with Gasteiger partial charge in [-0.1, -0.05) is 48.5 Å². The highest BCUT2D eigenvalue weighted by Crippen LogP contribution is 2.77. The van der Waals surface area contributed by atoms with Gasteiger partial charge in [0, 0.05) is 12.0 Å². The van der Waals surface area contributed by atoms with Crippen LogP contribution in [0.1, 0.15) is 120 Å². The molecule has 5 aliphatic rings. The van der Waals surface area contributed by atoms with Crippen LogP contribution in [0.4, 0.5) is 4.79 Å². The van der Waals surface area contributed by atoms with E-state index in [0.717, 1.165) is 38.5 Å². The van der Waals surface area contributed by atoms with Crippen LogP contribution in [-0.2, 0) is 9.53 Å². The van der Waals surface area contributed by atoms with Crippen LogP contribution in [-0.4, -0.2) is 29.8 Å². The van der Waals surface area contributed by atoms with Crippen molar-refractivity contribution in [2.45, 2.75) is 126 Å². The van der Waals surface area contributed by atoms with Gasteiger partial charge in [0.2, 0.25) is 0 Å². The molecule has 0 aromatic carbocycles. The van der Waals surface area contributed by atoms with Crippen molar-refractivity contribution in [2.75, 3.05) is 6.54 Å². The highest BCUT2D eigenvalue weighted by Gasteiger charge is 2.72. The third-order valence-corrected chi connectivity index (χ3v) is 14.3. The van der Waals surface area contributed by atoms with Crippen molar-refractivity contribution >= 4 is 12.1 Å². The molecule has 1 amide bonds. The Morgan fingerprint density at radius 1 is 0.868 bits per heavy atom. The molecule has 5 aliphatic carbocycles. The molecule has 0 aromatic heterocycles. The molecular formula is C33H55NO4. The number of nitrogens with one attached hydrogen (secondary N) is 1. The number of rotatable bonds is 4. The topological polar surface area (TPSA) is 75.6 Å². The van der Waals surface area contributed by atoms with Gasteiger partial charge < -0.3 is 15.2 Å². The summed E-state index contributed by atoms with van der Waals surface area (Å²) in [6, 6.07) is 0. The van der Waals surface area contributed by atoms with E-state index < -0.39 is 11.4 Å². The fourth-order valence-electron chi connectivity index (χ4n) is 12.3. The molecule has 0 radical (unpaired) electrons. The summed E-state index contributed by atoms with van der Waals surface area (Å²) in [6.07, 6.45) is 10.4.